The maximum Gasteiger partial charge on any atom is 0.130 e. The second-order valence-corrected chi connectivity index (χ2v) is 6.61. The zero-order valence-corrected chi connectivity index (χ0v) is 15.6. The molecule has 1 atom stereocenters. The molecule has 0 fully saturated rings. The summed E-state index contributed by atoms with van der Waals surface area (Å²) in [5, 5.41) is 4.43. The van der Waals surface area contributed by atoms with Gasteiger partial charge in [0, 0.05) is 18.5 Å². The number of rotatable bonds is 7. The molecule has 0 saturated heterocycles. The van der Waals surface area contributed by atoms with Gasteiger partial charge < -0.3 is 19.2 Å². The minimum atomic E-state index is -0.107. The van der Waals surface area contributed by atoms with Gasteiger partial charge in [-0.05, 0) is 50.3 Å². The molecule has 0 aliphatic carbocycles. The second kappa shape index (κ2) is 8.72. The third kappa shape index (κ3) is 4.55. The van der Waals surface area contributed by atoms with E-state index in [1.165, 1.54) is 0 Å². The van der Waals surface area contributed by atoms with Gasteiger partial charge in [-0.1, -0.05) is 29.4 Å². The monoisotopic (exact) mass is 354 g/mol. The molecule has 0 amide bonds. The van der Waals surface area contributed by atoms with E-state index in [2.05, 4.69) is 30.2 Å². The van der Waals surface area contributed by atoms with Crippen molar-refractivity contribution in [3.8, 4) is 11.5 Å². The highest BCUT2D eigenvalue weighted by Gasteiger charge is 2.26. The molecule has 0 spiro atoms. The van der Waals surface area contributed by atoms with Crippen molar-refractivity contribution in [1.29, 1.82) is 0 Å². The molecule has 5 heteroatoms. The molecule has 138 valence electrons. The summed E-state index contributed by atoms with van der Waals surface area (Å²) < 4.78 is 11.5. The standard InChI is InChI=1S/C21H26N2O3/c1-23(2)12-7-13-25-22-19-15-21(16-8-6-9-17(14-16)24-3)26-20-11-5-4-10-18(19)20/h4-6,8-11,14,21H,7,12-13,15H2,1-3H3/b22-19+. The fourth-order valence-corrected chi connectivity index (χ4v) is 2.97. The van der Waals surface area contributed by atoms with Crippen molar-refractivity contribution in [2.24, 2.45) is 5.16 Å². The van der Waals surface area contributed by atoms with Crippen molar-refractivity contribution < 1.29 is 14.3 Å². The lowest BCUT2D eigenvalue weighted by Crippen LogP contribution is -2.21. The molecule has 0 N–H and O–H groups in total. The van der Waals surface area contributed by atoms with E-state index < -0.39 is 0 Å². The highest BCUT2D eigenvalue weighted by molar-refractivity contribution is 6.03. The molecule has 1 heterocycles. The lowest BCUT2D eigenvalue weighted by Gasteiger charge is -2.27. The van der Waals surface area contributed by atoms with E-state index in [9.17, 15) is 0 Å². The SMILES string of the molecule is COc1cccc(C2C/C(=N\OCCCN(C)C)c3ccccc3O2)c1. The van der Waals surface area contributed by atoms with Gasteiger partial charge in [0.25, 0.3) is 0 Å². The van der Waals surface area contributed by atoms with Crippen molar-refractivity contribution in [2.75, 3.05) is 34.4 Å². The number of hydrogen-bond acceptors (Lipinski definition) is 5. The van der Waals surface area contributed by atoms with Crippen LogP contribution in [0.2, 0.25) is 0 Å². The molecule has 3 rings (SSSR count). The summed E-state index contributed by atoms with van der Waals surface area (Å²) >= 11 is 0. The predicted molar refractivity (Wildman–Crippen MR) is 103 cm³/mol. The van der Waals surface area contributed by atoms with Crippen molar-refractivity contribution >= 4 is 5.71 Å². The Hall–Kier alpha value is -2.53. The highest BCUT2D eigenvalue weighted by Crippen LogP contribution is 2.36. The van der Waals surface area contributed by atoms with Crippen LogP contribution in [0.4, 0.5) is 0 Å². The van der Waals surface area contributed by atoms with Gasteiger partial charge in [-0.3, -0.25) is 0 Å². The van der Waals surface area contributed by atoms with E-state index in [4.69, 9.17) is 14.3 Å². The van der Waals surface area contributed by atoms with Crippen LogP contribution in [0.25, 0.3) is 0 Å². The topological polar surface area (TPSA) is 43.3 Å². The molecule has 1 aliphatic rings. The van der Waals surface area contributed by atoms with Gasteiger partial charge in [-0.2, -0.15) is 0 Å². The lowest BCUT2D eigenvalue weighted by atomic mass is 9.95. The first kappa shape index (κ1) is 18.3. The smallest absolute Gasteiger partial charge is 0.130 e. The largest absolute Gasteiger partial charge is 0.497 e. The Morgan fingerprint density at radius 1 is 1.15 bits per heavy atom. The first-order chi connectivity index (χ1) is 12.7. The molecular formula is C21H26N2O3. The van der Waals surface area contributed by atoms with Crippen LogP contribution >= 0.6 is 0 Å². The number of hydrogen-bond donors (Lipinski definition) is 0. The molecule has 5 nitrogen and oxygen atoms in total. The van der Waals surface area contributed by atoms with Gasteiger partial charge in [0.05, 0.1) is 12.8 Å². The van der Waals surface area contributed by atoms with Crippen LogP contribution in [0.1, 0.15) is 30.1 Å². The number of fused-ring (bicyclic) bond motifs is 1. The van der Waals surface area contributed by atoms with E-state index in [1.54, 1.807) is 7.11 Å². The summed E-state index contributed by atoms with van der Waals surface area (Å²) in [6.07, 6.45) is 1.50. The quantitative estimate of drug-likeness (QED) is 0.559. The summed E-state index contributed by atoms with van der Waals surface area (Å²) in [5.74, 6) is 1.66. The van der Waals surface area contributed by atoms with Gasteiger partial charge in [-0.15, -0.1) is 0 Å². The average molecular weight is 354 g/mol. The third-order valence-electron chi connectivity index (χ3n) is 4.33. The molecule has 0 saturated carbocycles. The fraction of sp³-hybridized carbons (Fsp3) is 0.381. The van der Waals surface area contributed by atoms with Gasteiger partial charge in [0.15, 0.2) is 0 Å². The van der Waals surface area contributed by atoms with Crippen LogP contribution in [-0.2, 0) is 4.84 Å². The molecule has 0 aromatic heterocycles. The number of benzene rings is 2. The first-order valence-electron chi connectivity index (χ1n) is 8.91. The number of para-hydroxylation sites is 1. The van der Waals surface area contributed by atoms with Crippen molar-refractivity contribution in [3.63, 3.8) is 0 Å². The summed E-state index contributed by atoms with van der Waals surface area (Å²) in [5.41, 5.74) is 2.99. The maximum absolute atomic E-state index is 6.21. The van der Waals surface area contributed by atoms with Crippen LogP contribution in [0, 0.1) is 0 Å². The van der Waals surface area contributed by atoms with Crippen LogP contribution in [-0.4, -0.2) is 45.0 Å². The molecular weight excluding hydrogens is 328 g/mol. The van der Waals surface area contributed by atoms with E-state index >= 15 is 0 Å². The van der Waals surface area contributed by atoms with Crippen LogP contribution in [0.15, 0.2) is 53.7 Å². The Kier molecular flexibility index (Phi) is 6.12. The van der Waals surface area contributed by atoms with Crippen LogP contribution in [0.3, 0.4) is 0 Å². The van der Waals surface area contributed by atoms with Crippen LogP contribution < -0.4 is 9.47 Å². The fourth-order valence-electron chi connectivity index (χ4n) is 2.97. The third-order valence-corrected chi connectivity index (χ3v) is 4.33. The molecule has 1 unspecified atom stereocenters. The van der Waals surface area contributed by atoms with Crippen molar-refractivity contribution in [3.05, 3.63) is 59.7 Å². The molecule has 2 aromatic carbocycles. The van der Waals surface area contributed by atoms with Crippen molar-refractivity contribution in [1.82, 2.24) is 4.90 Å². The van der Waals surface area contributed by atoms with E-state index in [-0.39, 0.29) is 6.10 Å². The zero-order chi connectivity index (χ0) is 18.4. The Morgan fingerprint density at radius 2 is 2.00 bits per heavy atom. The summed E-state index contributed by atoms with van der Waals surface area (Å²) in [7, 11) is 5.78. The number of ether oxygens (including phenoxy) is 2. The van der Waals surface area contributed by atoms with Gasteiger partial charge >= 0.3 is 0 Å². The minimum Gasteiger partial charge on any atom is -0.497 e. The predicted octanol–water partition coefficient (Wildman–Crippen LogP) is 3.89. The normalized spacial score (nSPS) is 17.7. The Labute approximate surface area is 155 Å². The number of methoxy groups -OCH3 is 1. The highest BCUT2D eigenvalue weighted by atomic mass is 16.6. The van der Waals surface area contributed by atoms with Gasteiger partial charge in [-0.25, -0.2) is 0 Å². The second-order valence-electron chi connectivity index (χ2n) is 6.61. The first-order valence-corrected chi connectivity index (χ1v) is 8.91. The summed E-state index contributed by atoms with van der Waals surface area (Å²) in [4.78, 5) is 7.73. The molecule has 26 heavy (non-hydrogen) atoms. The van der Waals surface area contributed by atoms with Gasteiger partial charge in [0.2, 0.25) is 0 Å². The molecule has 1 aliphatic heterocycles. The Morgan fingerprint density at radius 3 is 2.81 bits per heavy atom. The van der Waals surface area contributed by atoms with Gasteiger partial charge in [0.1, 0.15) is 24.2 Å². The van der Waals surface area contributed by atoms with E-state index in [1.807, 2.05) is 42.5 Å². The number of nitrogens with zero attached hydrogens (tertiary/aromatic N) is 2. The van der Waals surface area contributed by atoms with E-state index in [0.29, 0.717) is 13.0 Å². The van der Waals surface area contributed by atoms with Crippen LogP contribution in [0.5, 0.6) is 11.5 Å². The molecule has 2 aromatic rings. The lowest BCUT2D eigenvalue weighted by molar-refractivity contribution is 0.131. The number of oxime groups is 1. The Bertz CT molecular complexity index is 758. The van der Waals surface area contributed by atoms with E-state index in [0.717, 1.165) is 41.3 Å². The van der Waals surface area contributed by atoms with Crippen molar-refractivity contribution in [2.45, 2.75) is 18.9 Å². The average Bonchev–Trinajstić information content (AvgIpc) is 2.67. The Balaban J connectivity index is 1.77. The summed E-state index contributed by atoms with van der Waals surface area (Å²) in [6.45, 7) is 1.59. The maximum atomic E-state index is 6.21. The molecule has 0 radical (unpaired) electrons. The zero-order valence-electron chi connectivity index (χ0n) is 15.6. The summed E-state index contributed by atoms with van der Waals surface area (Å²) in [6, 6.07) is 15.9. The minimum absolute atomic E-state index is 0.107. The molecule has 0 bridgehead atoms.